The van der Waals surface area contributed by atoms with Crippen LogP contribution in [0.1, 0.15) is 92.0 Å². The number of aryl methyl sites for hydroxylation is 1. The number of benzene rings is 3. The third-order valence-electron chi connectivity index (χ3n) is 13.8. The van der Waals surface area contributed by atoms with Crippen molar-refractivity contribution in [1.82, 2.24) is 20.0 Å². The Morgan fingerprint density at radius 3 is 2.14 bits per heavy atom. The zero-order valence-electron chi connectivity index (χ0n) is 42.1. The van der Waals surface area contributed by atoms with E-state index in [1.807, 2.05) is 29.3 Å². The van der Waals surface area contributed by atoms with Gasteiger partial charge in [0.05, 0.1) is 22.5 Å². The van der Waals surface area contributed by atoms with Crippen LogP contribution in [0.2, 0.25) is 0 Å². The van der Waals surface area contributed by atoms with E-state index in [0.29, 0.717) is 48.9 Å². The number of rotatable bonds is 25. The molecule has 1 saturated carbocycles. The van der Waals surface area contributed by atoms with Crippen molar-refractivity contribution in [2.45, 2.75) is 102 Å². The number of nitrogens with one attached hydrogen (secondary N) is 2. The molecular weight excluding hydrogens is 953 g/mol. The third kappa shape index (κ3) is 15.7. The van der Waals surface area contributed by atoms with Gasteiger partial charge in [0.25, 0.3) is 0 Å². The van der Waals surface area contributed by atoms with Gasteiger partial charge in [-0.25, -0.2) is 4.99 Å². The lowest BCUT2D eigenvalue weighted by atomic mass is 9.94. The average molecular weight is 1020 g/mol. The Morgan fingerprint density at radius 1 is 0.849 bits per heavy atom. The van der Waals surface area contributed by atoms with Gasteiger partial charge in [0.2, 0.25) is 12.3 Å². The molecule has 396 valence electrons. The van der Waals surface area contributed by atoms with Crippen LogP contribution in [-0.4, -0.2) is 132 Å². The van der Waals surface area contributed by atoms with Crippen LogP contribution in [0.5, 0.6) is 0 Å². The summed E-state index contributed by atoms with van der Waals surface area (Å²) in [4.78, 5) is 54.6. The van der Waals surface area contributed by atoms with Crippen LogP contribution in [0.15, 0.2) is 88.6 Å². The predicted molar refractivity (Wildman–Crippen MR) is 276 cm³/mol. The first-order valence-electron chi connectivity index (χ1n) is 25.1. The first kappa shape index (κ1) is 56.2. The molecule has 2 amide bonds. The molecule has 1 unspecified atom stereocenters. The molecule has 6 rings (SSSR count). The van der Waals surface area contributed by atoms with Crippen LogP contribution in [0.25, 0.3) is 5.57 Å². The second-order valence-electron chi connectivity index (χ2n) is 18.8. The Kier molecular flexibility index (Phi) is 20.6. The first-order chi connectivity index (χ1) is 35.0. The molecule has 1 aliphatic carbocycles. The summed E-state index contributed by atoms with van der Waals surface area (Å²) in [7, 11) is 5.04. The van der Waals surface area contributed by atoms with Crippen molar-refractivity contribution in [3.05, 3.63) is 106 Å². The molecular formula is C54H69F6N9O4. The number of hydrogen-bond donors (Lipinski definition) is 2. The molecule has 2 N–H and O–H groups in total. The summed E-state index contributed by atoms with van der Waals surface area (Å²) in [6.45, 7) is 10.3. The highest BCUT2D eigenvalue weighted by molar-refractivity contribution is 6.16. The lowest BCUT2D eigenvalue weighted by Gasteiger charge is -2.34. The molecule has 3 aliphatic rings. The van der Waals surface area contributed by atoms with Gasteiger partial charge in [-0.15, -0.1) is 0 Å². The number of amides is 2. The smallest absolute Gasteiger partial charge is 0.381 e. The highest BCUT2D eigenvalue weighted by Crippen LogP contribution is 2.39. The van der Waals surface area contributed by atoms with Gasteiger partial charge in [0.1, 0.15) is 24.8 Å². The van der Waals surface area contributed by atoms with Gasteiger partial charge in [-0.2, -0.15) is 26.3 Å². The van der Waals surface area contributed by atoms with Crippen molar-refractivity contribution in [2.24, 2.45) is 9.98 Å². The van der Waals surface area contributed by atoms with Crippen LogP contribution in [0.4, 0.5) is 43.4 Å². The average Bonchev–Trinajstić information content (AvgIpc) is 3.74. The number of carbonyl (C=O) groups excluding carboxylic acids is 3. The lowest BCUT2D eigenvalue weighted by molar-refractivity contribution is -0.143. The predicted octanol–water partition coefficient (Wildman–Crippen LogP) is 9.44. The number of unbranched alkanes of at least 4 members (excludes halogenated alkanes) is 1. The van der Waals surface area contributed by atoms with Crippen LogP contribution in [0, 0.1) is 0 Å². The van der Waals surface area contributed by atoms with Crippen LogP contribution >= 0.6 is 0 Å². The quantitative estimate of drug-likeness (QED) is 0.0370. The van der Waals surface area contributed by atoms with Gasteiger partial charge in [0, 0.05) is 109 Å². The largest absolute Gasteiger partial charge is 0.416 e. The number of amidine groups is 1. The molecule has 2 aliphatic heterocycles. The maximum Gasteiger partial charge on any atom is 0.416 e. The molecule has 2 fully saturated rings. The van der Waals surface area contributed by atoms with Gasteiger partial charge in [-0.05, 0) is 105 Å². The number of aldehydes is 1. The number of nitrogens with zero attached hydrogens (tertiary/aromatic N) is 7. The SMILES string of the molecule is C=N/C=C1/C(c2ccc(CN3CCN(CCCCOCCCc4ccc(N(C)C(CCC=O)C(=O)NC)c(N(C)C=O)c4)CC3)cc2)=CN(C2CCCCC2)/C1=N/CNc1cc(C(F)(F)F)cc(C(F)(F)F)c1. The lowest BCUT2D eigenvalue weighted by Crippen LogP contribution is -2.46. The molecule has 0 radical (unpaired) electrons. The van der Waals surface area contributed by atoms with E-state index in [0.717, 1.165) is 132 Å². The zero-order chi connectivity index (χ0) is 52.5. The fraction of sp³-hybridized carbons (Fsp3) is 0.500. The van der Waals surface area contributed by atoms with E-state index in [-0.39, 0.29) is 36.8 Å². The Balaban J connectivity index is 0.952. The summed E-state index contributed by atoms with van der Waals surface area (Å²) in [5, 5.41) is 5.35. The van der Waals surface area contributed by atoms with Gasteiger partial charge in [0.15, 0.2) is 0 Å². The number of piperazine rings is 1. The Labute approximate surface area is 425 Å². The second kappa shape index (κ2) is 26.8. The highest BCUT2D eigenvalue weighted by Gasteiger charge is 2.37. The van der Waals surface area contributed by atoms with E-state index >= 15 is 0 Å². The van der Waals surface area contributed by atoms with Crippen molar-refractivity contribution in [1.29, 1.82) is 0 Å². The summed E-state index contributed by atoms with van der Waals surface area (Å²) in [5.74, 6) is 0.329. The Morgan fingerprint density at radius 2 is 1.51 bits per heavy atom. The zero-order valence-corrected chi connectivity index (χ0v) is 42.1. The minimum absolute atomic E-state index is 0.107. The molecule has 0 spiro atoms. The second-order valence-corrected chi connectivity index (χ2v) is 18.8. The maximum absolute atomic E-state index is 13.6. The van der Waals surface area contributed by atoms with Gasteiger partial charge < -0.3 is 39.8 Å². The Hall–Kier alpha value is -6.05. The number of aliphatic imine (C=N–C) groups is 2. The van der Waals surface area contributed by atoms with Gasteiger partial charge >= 0.3 is 12.4 Å². The summed E-state index contributed by atoms with van der Waals surface area (Å²) in [5.41, 5.74) is 2.94. The molecule has 2 heterocycles. The van der Waals surface area contributed by atoms with E-state index in [9.17, 15) is 40.7 Å². The van der Waals surface area contributed by atoms with Gasteiger partial charge in [-0.3, -0.25) is 19.5 Å². The minimum Gasteiger partial charge on any atom is -0.381 e. The topological polar surface area (TPSA) is 125 Å². The monoisotopic (exact) mass is 1020 g/mol. The number of anilines is 3. The number of halogens is 6. The van der Waals surface area contributed by atoms with Crippen molar-refractivity contribution in [2.75, 3.05) is 88.9 Å². The number of likely N-dealkylation sites (N-methyl/N-ethyl adjacent to an activating group) is 2. The van der Waals surface area contributed by atoms with Gasteiger partial charge in [-0.1, -0.05) is 49.6 Å². The number of carbonyl (C=O) groups is 3. The first-order valence-corrected chi connectivity index (χ1v) is 25.1. The van der Waals surface area contributed by atoms with Crippen molar-refractivity contribution < 1.29 is 45.5 Å². The summed E-state index contributed by atoms with van der Waals surface area (Å²) in [6, 6.07) is 15.2. The minimum atomic E-state index is -4.96. The molecule has 19 heteroatoms. The molecule has 1 atom stereocenters. The molecule has 0 aromatic heterocycles. The number of hydrogen-bond acceptors (Lipinski definition) is 10. The van der Waals surface area contributed by atoms with Crippen molar-refractivity contribution in [3.8, 4) is 0 Å². The molecule has 0 bridgehead atoms. The third-order valence-corrected chi connectivity index (χ3v) is 13.8. The maximum atomic E-state index is 13.6. The van der Waals surface area contributed by atoms with E-state index in [4.69, 9.17) is 9.73 Å². The normalized spacial score (nSPS) is 17.7. The van der Waals surface area contributed by atoms with Crippen LogP contribution in [0.3, 0.4) is 0 Å². The molecule has 13 nitrogen and oxygen atoms in total. The van der Waals surface area contributed by atoms with E-state index in [2.05, 4.69) is 61.3 Å². The molecule has 3 aromatic rings. The summed E-state index contributed by atoms with van der Waals surface area (Å²) < 4.78 is 87.4. The summed E-state index contributed by atoms with van der Waals surface area (Å²) in [6.07, 6.45) is 4.41. The number of alkyl halides is 6. The van der Waals surface area contributed by atoms with E-state index < -0.39 is 29.5 Å². The summed E-state index contributed by atoms with van der Waals surface area (Å²) >= 11 is 0. The van der Waals surface area contributed by atoms with E-state index in [1.54, 1.807) is 27.3 Å². The number of ether oxygens (including phenoxy) is 1. The Bertz CT molecular complexity index is 2380. The molecule has 73 heavy (non-hydrogen) atoms. The fourth-order valence-corrected chi connectivity index (χ4v) is 9.71. The van der Waals surface area contributed by atoms with E-state index in [1.165, 1.54) is 10.5 Å². The fourth-order valence-electron chi connectivity index (χ4n) is 9.71. The van der Waals surface area contributed by atoms with Crippen molar-refractivity contribution in [3.63, 3.8) is 0 Å². The standard InChI is InChI=1S/C54H69F6N9O4/c1-61-34-46-47(36-69(45-13-6-5-7-14-45)51(46)64-37-63-44-32-42(53(55,56)57)31-43(33-44)54(58,59)60)41-19-16-40(17-20-41)35-68-25-23-67(24-26-68)22-8-9-28-73-29-11-12-39-18-21-48(50(30-39)65(3)38-71)66(4)49(15-10-27-70)52(72)62-2/h16-21,27,30-34,36,38,45,49,63H,1,5-15,22-26,28-29,35,37H2,2-4H3,(H,62,72)/b46-34-,64-51+. The van der Waals surface area contributed by atoms with Crippen LogP contribution in [-0.2, 0) is 44.4 Å². The molecule has 1 saturated heterocycles. The highest BCUT2D eigenvalue weighted by atomic mass is 19.4. The molecule has 3 aromatic carbocycles. The van der Waals surface area contributed by atoms with Crippen LogP contribution < -0.4 is 20.4 Å². The van der Waals surface area contributed by atoms with Crippen molar-refractivity contribution >= 4 is 53.8 Å².